The molecule has 1 N–H and O–H groups in total. The number of carbonyl (C=O) groups is 2. The largest absolute Gasteiger partial charge is 0.468 e. The Labute approximate surface area is 180 Å². The lowest BCUT2D eigenvalue weighted by Gasteiger charge is -2.04. The number of rotatable bonds is 7. The zero-order valence-corrected chi connectivity index (χ0v) is 18.6. The summed E-state index contributed by atoms with van der Waals surface area (Å²) in [5, 5.41) is 11.7. The second-order valence-electron chi connectivity index (χ2n) is 7.10. The lowest BCUT2D eigenvalue weighted by molar-refractivity contribution is -0.128. The molecule has 0 spiro atoms. The van der Waals surface area contributed by atoms with Crippen molar-refractivity contribution in [1.82, 2.24) is 19.3 Å². The van der Waals surface area contributed by atoms with Crippen molar-refractivity contribution in [2.24, 2.45) is 13.0 Å². The summed E-state index contributed by atoms with van der Waals surface area (Å²) in [6, 6.07) is 3.71. The summed E-state index contributed by atoms with van der Waals surface area (Å²) in [6.07, 6.45) is 3.57. The molecule has 1 amide bonds. The highest BCUT2D eigenvalue weighted by atomic mass is 31.0. The van der Waals surface area contributed by atoms with Crippen LogP contribution < -0.4 is 5.32 Å². The van der Waals surface area contributed by atoms with Crippen LogP contribution in [0.25, 0.3) is 0 Å². The van der Waals surface area contributed by atoms with Gasteiger partial charge in [0.05, 0.1) is 24.6 Å². The Morgan fingerprint density at radius 1 is 1.37 bits per heavy atom. The van der Waals surface area contributed by atoms with Crippen molar-refractivity contribution in [2.75, 3.05) is 19.0 Å². The van der Waals surface area contributed by atoms with Gasteiger partial charge in [-0.2, -0.15) is 10.2 Å². The molecule has 30 heavy (non-hydrogen) atoms. The number of aryl methyl sites for hydroxylation is 1. The highest BCUT2D eigenvalue weighted by molar-refractivity contribution is 7.14. The van der Waals surface area contributed by atoms with Gasteiger partial charge in [-0.05, 0) is 41.1 Å². The topological polar surface area (TPSA) is 100 Å². The quantitative estimate of drug-likeness (QED) is 0.524. The van der Waals surface area contributed by atoms with Crippen molar-refractivity contribution in [3.8, 4) is 0 Å². The van der Waals surface area contributed by atoms with Crippen molar-refractivity contribution >= 4 is 27.6 Å². The van der Waals surface area contributed by atoms with E-state index in [1.807, 2.05) is 6.07 Å². The van der Waals surface area contributed by atoms with Crippen LogP contribution in [0.3, 0.4) is 0 Å². The first-order valence-corrected chi connectivity index (χ1v) is 10.1. The van der Waals surface area contributed by atoms with E-state index in [9.17, 15) is 9.59 Å². The smallest absolute Gasteiger partial charge is 0.293 e. The molecule has 0 aromatic carbocycles. The molecule has 168 valence electrons. The average Bonchev–Trinajstić information content (AvgIpc) is 3.36. The summed E-state index contributed by atoms with van der Waals surface area (Å²) in [4.78, 5) is 21.7. The fourth-order valence-corrected chi connectivity index (χ4v) is 3.66. The molecule has 3 rings (SSSR count). The minimum atomic E-state index is -0.206. The number of amides is 1. The SMILES string of the molecule is C.CCOC=O.COCc1cc(C(=O)Nc2cc(C3CCC(C)C3)nn2P)n(C)n1. The maximum atomic E-state index is 12.5. The number of aromatic nitrogens is 4. The first-order valence-electron chi connectivity index (χ1n) is 9.63. The first-order chi connectivity index (χ1) is 13.9. The molecule has 9 nitrogen and oxygen atoms in total. The molecule has 1 saturated carbocycles. The lowest BCUT2D eigenvalue weighted by Crippen LogP contribution is -2.17. The van der Waals surface area contributed by atoms with E-state index < -0.39 is 0 Å². The number of hydrogen-bond acceptors (Lipinski definition) is 6. The molecule has 2 heterocycles. The zero-order valence-electron chi connectivity index (χ0n) is 17.4. The molecule has 1 aliphatic rings. The van der Waals surface area contributed by atoms with E-state index in [-0.39, 0.29) is 13.3 Å². The third-order valence-electron chi connectivity index (χ3n) is 4.80. The molecular formula is C20H34N5O4P. The normalized spacial score (nSPS) is 17.5. The van der Waals surface area contributed by atoms with Crippen molar-refractivity contribution in [1.29, 1.82) is 0 Å². The molecule has 3 atom stereocenters. The highest BCUT2D eigenvalue weighted by Gasteiger charge is 2.26. The molecule has 10 heteroatoms. The summed E-state index contributed by atoms with van der Waals surface area (Å²) < 4.78 is 12.4. The summed E-state index contributed by atoms with van der Waals surface area (Å²) in [5.74, 6) is 1.70. The predicted molar refractivity (Wildman–Crippen MR) is 119 cm³/mol. The van der Waals surface area contributed by atoms with Crippen LogP contribution in [0.5, 0.6) is 0 Å². The second kappa shape index (κ2) is 12.4. The van der Waals surface area contributed by atoms with Crippen LogP contribution in [0.2, 0.25) is 0 Å². The molecule has 3 unspecified atom stereocenters. The van der Waals surface area contributed by atoms with Gasteiger partial charge in [0.1, 0.15) is 11.5 Å². The third-order valence-corrected chi connectivity index (χ3v) is 5.19. The first kappa shape index (κ1) is 25.8. The minimum Gasteiger partial charge on any atom is -0.468 e. The molecule has 2 aromatic rings. The van der Waals surface area contributed by atoms with Crippen molar-refractivity contribution in [3.63, 3.8) is 0 Å². The van der Waals surface area contributed by atoms with E-state index in [1.165, 1.54) is 12.8 Å². The van der Waals surface area contributed by atoms with Crippen molar-refractivity contribution in [2.45, 2.75) is 53.1 Å². The van der Waals surface area contributed by atoms with Gasteiger partial charge in [0, 0.05) is 26.1 Å². The number of ether oxygens (including phenoxy) is 2. The number of methoxy groups -OCH3 is 1. The Balaban J connectivity index is 0.000000674. The van der Waals surface area contributed by atoms with Gasteiger partial charge < -0.3 is 14.8 Å². The molecule has 2 aromatic heterocycles. The second-order valence-corrected chi connectivity index (χ2v) is 7.59. The fraction of sp³-hybridized carbons (Fsp3) is 0.600. The van der Waals surface area contributed by atoms with Gasteiger partial charge in [-0.1, -0.05) is 20.8 Å². The summed E-state index contributed by atoms with van der Waals surface area (Å²) in [7, 11) is 5.88. The number of nitrogens with zero attached hydrogens (tertiary/aromatic N) is 4. The summed E-state index contributed by atoms with van der Waals surface area (Å²) in [5.41, 5.74) is 2.27. The zero-order chi connectivity index (χ0) is 21.4. The maximum absolute atomic E-state index is 12.5. The Bertz CT molecular complexity index is 820. The number of carbonyl (C=O) groups excluding carboxylic acids is 2. The molecular weight excluding hydrogens is 405 g/mol. The van der Waals surface area contributed by atoms with Crippen LogP contribution in [-0.2, 0) is 27.9 Å². The van der Waals surface area contributed by atoms with Crippen LogP contribution in [0.4, 0.5) is 5.82 Å². The van der Waals surface area contributed by atoms with Crippen LogP contribution in [0.15, 0.2) is 12.1 Å². The van der Waals surface area contributed by atoms with E-state index in [0.717, 1.165) is 23.7 Å². The Morgan fingerprint density at radius 2 is 2.10 bits per heavy atom. The van der Waals surface area contributed by atoms with E-state index in [0.29, 0.717) is 37.1 Å². The Hall–Kier alpha value is -2.25. The van der Waals surface area contributed by atoms with Crippen LogP contribution in [0.1, 0.15) is 68.3 Å². The molecule has 0 saturated heterocycles. The van der Waals surface area contributed by atoms with E-state index in [4.69, 9.17) is 4.74 Å². The van der Waals surface area contributed by atoms with Crippen molar-refractivity contribution in [3.05, 3.63) is 29.2 Å². The van der Waals surface area contributed by atoms with Gasteiger partial charge in [0.25, 0.3) is 12.4 Å². The van der Waals surface area contributed by atoms with Crippen LogP contribution >= 0.6 is 9.39 Å². The van der Waals surface area contributed by atoms with Gasteiger partial charge in [-0.15, -0.1) is 0 Å². The van der Waals surface area contributed by atoms with Gasteiger partial charge in [0.15, 0.2) is 0 Å². The minimum absolute atomic E-state index is 0. The maximum Gasteiger partial charge on any atom is 0.293 e. The van der Waals surface area contributed by atoms with Gasteiger partial charge in [-0.3, -0.25) is 14.3 Å². The lowest BCUT2D eigenvalue weighted by atomic mass is 10.0. The van der Waals surface area contributed by atoms with Crippen molar-refractivity contribution < 1.29 is 19.1 Å². The Kier molecular flexibility index (Phi) is 10.7. The summed E-state index contributed by atoms with van der Waals surface area (Å²) in [6.45, 7) is 5.32. The van der Waals surface area contributed by atoms with Gasteiger partial charge >= 0.3 is 0 Å². The molecule has 1 fully saturated rings. The number of anilines is 1. The standard InChI is InChI=1S/C16H24N5O2P.C3H6O2.CH4/c1-10-4-5-11(6-10)13-8-15(21(24)19-13)17-16(22)14-7-12(9-23-3)18-20(14)2;1-2-5-3-4;/h7-8,10-11H,4-6,9,24H2,1-3H3,(H,17,22);3H,2H2,1H3;1H4. The Morgan fingerprint density at radius 3 is 2.63 bits per heavy atom. The van der Waals surface area contributed by atoms with E-state index in [1.54, 1.807) is 36.3 Å². The molecule has 0 radical (unpaired) electrons. The molecule has 1 aliphatic carbocycles. The molecule has 0 aliphatic heterocycles. The van der Waals surface area contributed by atoms with Gasteiger partial charge in [-0.25, -0.2) is 4.45 Å². The number of nitrogens with one attached hydrogen (secondary N) is 1. The summed E-state index contributed by atoms with van der Waals surface area (Å²) >= 11 is 0. The predicted octanol–water partition coefficient (Wildman–Crippen LogP) is 3.37. The average molecular weight is 439 g/mol. The van der Waals surface area contributed by atoms with Gasteiger partial charge in [0.2, 0.25) is 0 Å². The third kappa shape index (κ3) is 6.92. The monoisotopic (exact) mass is 439 g/mol. The van der Waals surface area contributed by atoms with E-state index >= 15 is 0 Å². The van der Waals surface area contributed by atoms with Crippen LogP contribution in [-0.4, -0.2) is 45.4 Å². The van der Waals surface area contributed by atoms with E-state index in [2.05, 4.69) is 36.6 Å². The van der Waals surface area contributed by atoms with Crippen LogP contribution in [0, 0.1) is 5.92 Å². The molecule has 0 bridgehead atoms. The fourth-order valence-electron chi connectivity index (χ4n) is 3.39. The number of hydrogen-bond donors (Lipinski definition) is 1. The highest BCUT2D eigenvalue weighted by Crippen LogP contribution is 2.38.